The monoisotopic (exact) mass is 401 g/mol. The van der Waals surface area contributed by atoms with E-state index in [4.69, 9.17) is 17.3 Å². The molecule has 1 heterocycles. The minimum absolute atomic E-state index is 0. The van der Waals surface area contributed by atoms with Gasteiger partial charge in [-0.3, -0.25) is 4.79 Å². The highest BCUT2D eigenvalue weighted by molar-refractivity contribution is 6.30. The van der Waals surface area contributed by atoms with Crippen molar-refractivity contribution in [2.75, 3.05) is 36.8 Å². The fourth-order valence-corrected chi connectivity index (χ4v) is 2.91. The predicted molar refractivity (Wildman–Crippen MR) is 109 cm³/mol. The van der Waals surface area contributed by atoms with E-state index in [0.29, 0.717) is 6.42 Å². The lowest BCUT2D eigenvalue weighted by Crippen LogP contribution is -2.49. The van der Waals surface area contributed by atoms with Crippen molar-refractivity contribution in [2.24, 2.45) is 0 Å². The van der Waals surface area contributed by atoms with Crippen molar-refractivity contribution in [1.29, 1.82) is 0 Å². The first-order valence-corrected chi connectivity index (χ1v) is 8.12. The normalized spacial score (nSPS) is 13.6. The lowest BCUT2D eigenvalue weighted by Gasteiger charge is -2.36. The first-order valence-electron chi connectivity index (χ1n) is 7.74. The maximum Gasteiger partial charge on any atom is 0.227 e. The van der Waals surface area contributed by atoms with Crippen LogP contribution in [-0.4, -0.2) is 37.0 Å². The van der Waals surface area contributed by atoms with Crippen molar-refractivity contribution < 1.29 is 4.79 Å². The predicted octanol–water partition coefficient (Wildman–Crippen LogP) is 3.66. The molecule has 0 aromatic heterocycles. The highest BCUT2D eigenvalue weighted by atomic mass is 35.5. The van der Waals surface area contributed by atoms with E-state index in [2.05, 4.69) is 4.90 Å². The van der Waals surface area contributed by atoms with E-state index in [1.54, 1.807) is 0 Å². The van der Waals surface area contributed by atoms with Gasteiger partial charge in [-0.1, -0.05) is 23.7 Å². The summed E-state index contributed by atoms with van der Waals surface area (Å²) in [6.07, 6.45) is 0.432. The number of nitrogens with zero attached hydrogens (tertiary/aromatic N) is 2. The Hall–Kier alpha value is -1.62. The molecule has 0 unspecified atom stereocenters. The molecule has 136 valence electrons. The topological polar surface area (TPSA) is 49.6 Å². The molecule has 0 bridgehead atoms. The molecule has 0 spiro atoms. The number of nitrogens with two attached hydrogens (primary N) is 1. The number of halogens is 3. The van der Waals surface area contributed by atoms with Crippen molar-refractivity contribution in [1.82, 2.24) is 4.90 Å². The molecule has 2 aromatic carbocycles. The molecule has 3 rings (SSSR count). The third kappa shape index (κ3) is 5.70. The highest BCUT2D eigenvalue weighted by Crippen LogP contribution is 2.19. The van der Waals surface area contributed by atoms with Gasteiger partial charge in [-0.2, -0.15) is 0 Å². The number of hydrogen-bond donors (Lipinski definition) is 1. The molecule has 7 heteroatoms. The number of amides is 1. The first-order chi connectivity index (χ1) is 11.1. The van der Waals surface area contributed by atoms with Crippen LogP contribution in [0.15, 0.2) is 48.5 Å². The zero-order valence-electron chi connectivity index (χ0n) is 13.7. The van der Waals surface area contributed by atoms with Gasteiger partial charge in [-0.15, -0.1) is 24.8 Å². The number of benzene rings is 2. The maximum atomic E-state index is 12.4. The summed E-state index contributed by atoms with van der Waals surface area (Å²) >= 11 is 5.92. The second-order valence-corrected chi connectivity index (χ2v) is 6.20. The molecular formula is C18H22Cl3N3O. The average Bonchev–Trinajstić information content (AvgIpc) is 2.58. The van der Waals surface area contributed by atoms with Crippen molar-refractivity contribution >= 4 is 53.7 Å². The van der Waals surface area contributed by atoms with Crippen molar-refractivity contribution in [2.45, 2.75) is 6.42 Å². The number of carbonyl (C=O) groups excluding carboxylic acids is 1. The molecule has 0 radical (unpaired) electrons. The fraction of sp³-hybridized carbons (Fsp3) is 0.278. The van der Waals surface area contributed by atoms with Crippen LogP contribution in [0.1, 0.15) is 5.56 Å². The van der Waals surface area contributed by atoms with Crippen LogP contribution in [0.3, 0.4) is 0 Å². The smallest absolute Gasteiger partial charge is 0.227 e. The van der Waals surface area contributed by atoms with Gasteiger partial charge in [-0.05, 0) is 42.0 Å². The van der Waals surface area contributed by atoms with E-state index < -0.39 is 0 Å². The Labute approximate surface area is 165 Å². The summed E-state index contributed by atoms with van der Waals surface area (Å²) in [5, 5.41) is 0.742. The standard InChI is InChI=1S/C18H20ClN3O.2ClH/c19-15-3-7-17(8-4-15)21-9-11-22(12-10-21)18(23)13-14-1-5-16(20)6-2-14;;/h1-8H,9-13,20H2;2*1H. The molecule has 25 heavy (non-hydrogen) atoms. The van der Waals surface area contributed by atoms with E-state index in [1.807, 2.05) is 53.4 Å². The van der Waals surface area contributed by atoms with Crippen LogP contribution in [-0.2, 0) is 11.2 Å². The van der Waals surface area contributed by atoms with Crippen LogP contribution in [0.5, 0.6) is 0 Å². The minimum Gasteiger partial charge on any atom is -0.399 e. The molecule has 0 saturated carbocycles. The number of hydrogen-bond acceptors (Lipinski definition) is 3. The lowest BCUT2D eigenvalue weighted by atomic mass is 10.1. The highest BCUT2D eigenvalue weighted by Gasteiger charge is 2.21. The second-order valence-electron chi connectivity index (χ2n) is 5.76. The van der Waals surface area contributed by atoms with Gasteiger partial charge in [0.15, 0.2) is 0 Å². The van der Waals surface area contributed by atoms with Crippen LogP contribution in [0.25, 0.3) is 0 Å². The molecule has 1 fully saturated rings. The van der Waals surface area contributed by atoms with Crippen LogP contribution >= 0.6 is 36.4 Å². The van der Waals surface area contributed by atoms with Gasteiger partial charge in [0.05, 0.1) is 6.42 Å². The number of carbonyl (C=O) groups is 1. The van der Waals surface area contributed by atoms with Gasteiger partial charge < -0.3 is 15.5 Å². The van der Waals surface area contributed by atoms with Crippen molar-refractivity contribution in [3.05, 3.63) is 59.1 Å². The Morgan fingerprint density at radius 1 is 0.920 bits per heavy atom. The zero-order chi connectivity index (χ0) is 16.2. The Bertz CT molecular complexity index is 669. The second kappa shape index (κ2) is 9.76. The molecule has 4 nitrogen and oxygen atoms in total. The van der Waals surface area contributed by atoms with Gasteiger partial charge in [-0.25, -0.2) is 0 Å². The van der Waals surface area contributed by atoms with E-state index in [9.17, 15) is 4.79 Å². The average molecular weight is 403 g/mol. The summed E-state index contributed by atoms with van der Waals surface area (Å²) in [6.45, 7) is 3.18. The van der Waals surface area contributed by atoms with Crippen LogP contribution < -0.4 is 10.6 Å². The van der Waals surface area contributed by atoms with Gasteiger partial charge >= 0.3 is 0 Å². The molecule has 2 aromatic rings. The number of nitrogen functional groups attached to an aromatic ring is 1. The van der Waals surface area contributed by atoms with Gasteiger partial charge in [0.1, 0.15) is 0 Å². The van der Waals surface area contributed by atoms with E-state index in [1.165, 1.54) is 0 Å². The number of piperazine rings is 1. The van der Waals surface area contributed by atoms with Gasteiger partial charge in [0, 0.05) is 42.6 Å². The van der Waals surface area contributed by atoms with Crippen LogP contribution in [0, 0.1) is 0 Å². The van der Waals surface area contributed by atoms with Gasteiger partial charge in [0.2, 0.25) is 5.91 Å². The summed E-state index contributed by atoms with van der Waals surface area (Å²) in [4.78, 5) is 16.6. The molecular weight excluding hydrogens is 381 g/mol. The summed E-state index contributed by atoms with van der Waals surface area (Å²) in [7, 11) is 0. The molecule has 1 aliphatic rings. The lowest BCUT2D eigenvalue weighted by molar-refractivity contribution is -0.130. The quantitative estimate of drug-likeness (QED) is 0.797. The van der Waals surface area contributed by atoms with E-state index >= 15 is 0 Å². The van der Waals surface area contributed by atoms with Crippen molar-refractivity contribution in [3.8, 4) is 0 Å². The first kappa shape index (κ1) is 21.4. The molecule has 2 N–H and O–H groups in total. The molecule has 1 amide bonds. The Morgan fingerprint density at radius 2 is 1.48 bits per heavy atom. The Kier molecular flexibility index (Phi) is 8.36. The van der Waals surface area contributed by atoms with E-state index in [-0.39, 0.29) is 30.7 Å². The maximum absolute atomic E-state index is 12.4. The Balaban J connectivity index is 0.00000156. The molecule has 0 aliphatic carbocycles. The minimum atomic E-state index is 0. The zero-order valence-corrected chi connectivity index (χ0v) is 16.1. The summed E-state index contributed by atoms with van der Waals surface area (Å²) in [5.74, 6) is 0.172. The summed E-state index contributed by atoms with van der Waals surface area (Å²) in [5.41, 5.74) is 8.55. The van der Waals surface area contributed by atoms with Crippen LogP contribution in [0.2, 0.25) is 5.02 Å². The van der Waals surface area contributed by atoms with E-state index in [0.717, 1.165) is 48.1 Å². The molecule has 0 atom stereocenters. The number of anilines is 2. The SMILES string of the molecule is Cl.Cl.Nc1ccc(CC(=O)N2CCN(c3ccc(Cl)cc3)CC2)cc1. The van der Waals surface area contributed by atoms with Crippen LogP contribution in [0.4, 0.5) is 11.4 Å². The Morgan fingerprint density at radius 3 is 2.04 bits per heavy atom. The third-order valence-electron chi connectivity index (χ3n) is 4.16. The molecule has 1 saturated heterocycles. The largest absolute Gasteiger partial charge is 0.399 e. The summed E-state index contributed by atoms with van der Waals surface area (Å²) < 4.78 is 0. The summed E-state index contributed by atoms with van der Waals surface area (Å²) in [6, 6.07) is 15.3. The number of rotatable bonds is 3. The van der Waals surface area contributed by atoms with Gasteiger partial charge in [0.25, 0.3) is 0 Å². The van der Waals surface area contributed by atoms with Crippen molar-refractivity contribution in [3.63, 3.8) is 0 Å². The third-order valence-corrected chi connectivity index (χ3v) is 4.41. The molecule has 1 aliphatic heterocycles. The fourth-order valence-electron chi connectivity index (χ4n) is 2.79.